The summed E-state index contributed by atoms with van der Waals surface area (Å²) in [6.07, 6.45) is 2.63. The zero-order valence-electron chi connectivity index (χ0n) is 19.3. The Kier molecular flexibility index (Phi) is 5.81. The molecule has 0 N–H and O–H groups in total. The first-order valence-corrected chi connectivity index (χ1v) is 11.7. The van der Waals surface area contributed by atoms with Crippen LogP contribution in [0.1, 0.15) is 36.2 Å². The molecule has 0 aliphatic carbocycles. The predicted octanol–water partition coefficient (Wildman–Crippen LogP) is 1.97. The molecule has 8 nitrogen and oxygen atoms in total. The number of carbonyl (C=O) groups is 1. The number of carbonyl (C=O) groups excluding carboxylic acids is 1. The fourth-order valence-electron chi connectivity index (χ4n) is 5.12. The number of hydrogen-bond donors (Lipinski definition) is 0. The van der Waals surface area contributed by atoms with E-state index in [9.17, 15) is 14.4 Å². The maximum absolute atomic E-state index is 12.9. The van der Waals surface area contributed by atoms with E-state index in [0.717, 1.165) is 36.1 Å². The van der Waals surface area contributed by atoms with Crippen LogP contribution in [0.5, 0.6) is 5.75 Å². The van der Waals surface area contributed by atoms with Gasteiger partial charge in [0, 0.05) is 25.0 Å². The van der Waals surface area contributed by atoms with Crippen molar-refractivity contribution in [2.75, 3.05) is 20.2 Å². The molecule has 1 amide bonds. The fraction of sp³-hybridized carbons (Fsp3) is 0.385. The van der Waals surface area contributed by atoms with Crippen molar-refractivity contribution < 1.29 is 9.53 Å². The smallest absolute Gasteiger partial charge is 0.332 e. The van der Waals surface area contributed by atoms with E-state index in [2.05, 4.69) is 0 Å². The monoisotopic (exact) mass is 460 g/mol. The third-order valence-corrected chi connectivity index (χ3v) is 7.18. The Morgan fingerprint density at radius 2 is 1.59 bits per heavy atom. The number of benzene rings is 2. The summed E-state index contributed by atoms with van der Waals surface area (Å²) in [5.41, 5.74) is 0.478. The number of aromatic nitrogens is 3. The second kappa shape index (κ2) is 8.93. The molecule has 0 bridgehead atoms. The zero-order valence-corrected chi connectivity index (χ0v) is 19.3. The van der Waals surface area contributed by atoms with Gasteiger partial charge in [-0.05, 0) is 42.5 Å². The molecule has 0 unspecified atom stereocenters. The summed E-state index contributed by atoms with van der Waals surface area (Å²) in [5, 5.41) is 4.70. The van der Waals surface area contributed by atoms with Crippen LogP contribution >= 0.6 is 0 Å². The van der Waals surface area contributed by atoms with Gasteiger partial charge in [-0.15, -0.1) is 0 Å². The molecule has 5 rings (SSSR count). The van der Waals surface area contributed by atoms with Crippen LogP contribution in [-0.4, -0.2) is 45.4 Å². The van der Waals surface area contributed by atoms with Gasteiger partial charge in [-0.1, -0.05) is 42.5 Å². The highest BCUT2D eigenvalue weighted by atomic mass is 16.5. The first-order chi connectivity index (χ1) is 16.5. The SMILES string of the molecule is COc1ccc(Cn2nc3n(c(=O)c2=O)CCC32CCN(C(=O)Cc3ccccc3)CC2)cc1. The summed E-state index contributed by atoms with van der Waals surface area (Å²) in [7, 11) is 1.60. The molecule has 0 atom stereocenters. The van der Waals surface area contributed by atoms with Crippen molar-refractivity contribution >= 4 is 5.91 Å². The standard InChI is InChI=1S/C26H28N4O4/c1-34-21-9-7-20(8-10-21)18-30-24(33)23(32)29-16-13-26(25(29)27-30)11-14-28(15-12-26)22(31)17-19-5-3-2-4-6-19/h2-10H,11-18H2,1H3. The molecule has 2 aliphatic heterocycles. The summed E-state index contributed by atoms with van der Waals surface area (Å²) >= 11 is 0. The topological polar surface area (TPSA) is 86.4 Å². The van der Waals surface area contributed by atoms with Crippen LogP contribution < -0.4 is 15.9 Å². The molecule has 8 heteroatoms. The number of piperidine rings is 1. The molecule has 1 spiro atoms. The first-order valence-electron chi connectivity index (χ1n) is 11.7. The minimum Gasteiger partial charge on any atom is -0.497 e. The highest BCUT2D eigenvalue weighted by Gasteiger charge is 2.45. The Balaban J connectivity index is 1.35. The van der Waals surface area contributed by atoms with Crippen molar-refractivity contribution in [2.24, 2.45) is 0 Å². The fourth-order valence-corrected chi connectivity index (χ4v) is 5.12. The molecule has 3 aromatic rings. The van der Waals surface area contributed by atoms with Crippen molar-refractivity contribution in [3.63, 3.8) is 0 Å². The van der Waals surface area contributed by atoms with E-state index in [1.165, 1.54) is 4.68 Å². The number of hydrogen-bond acceptors (Lipinski definition) is 5. The predicted molar refractivity (Wildman–Crippen MR) is 127 cm³/mol. The van der Waals surface area contributed by atoms with Crippen LogP contribution in [0, 0.1) is 0 Å². The van der Waals surface area contributed by atoms with Crippen LogP contribution in [0.25, 0.3) is 0 Å². The Labute approximate surface area is 197 Å². The minimum absolute atomic E-state index is 0.119. The van der Waals surface area contributed by atoms with Gasteiger partial charge in [0.2, 0.25) is 5.91 Å². The van der Waals surface area contributed by atoms with Gasteiger partial charge >= 0.3 is 11.1 Å². The molecule has 2 aromatic carbocycles. The lowest BCUT2D eigenvalue weighted by Crippen LogP contribution is -2.48. The lowest BCUT2D eigenvalue weighted by molar-refractivity contribution is -0.132. The zero-order chi connectivity index (χ0) is 23.7. The average Bonchev–Trinajstić information content (AvgIpc) is 3.21. The largest absolute Gasteiger partial charge is 0.497 e. The van der Waals surface area contributed by atoms with E-state index in [-0.39, 0.29) is 17.9 Å². The van der Waals surface area contributed by atoms with E-state index >= 15 is 0 Å². The van der Waals surface area contributed by atoms with Crippen LogP contribution in [0.3, 0.4) is 0 Å². The van der Waals surface area contributed by atoms with Gasteiger partial charge < -0.3 is 9.64 Å². The minimum atomic E-state index is -0.605. The number of nitrogens with zero attached hydrogens (tertiary/aromatic N) is 4. The Bertz CT molecular complexity index is 1300. The molecular weight excluding hydrogens is 432 g/mol. The number of rotatable bonds is 5. The van der Waals surface area contributed by atoms with Crippen LogP contribution in [-0.2, 0) is 29.7 Å². The number of methoxy groups -OCH3 is 1. The quantitative estimate of drug-likeness (QED) is 0.544. The van der Waals surface area contributed by atoms with E-state index in [1.807, 2.05) is 59.5 Å². The second-order valence-corrected chi connectivity index (χ2v) is 9.16. The summed E-state index contributed by atoms with van der Waals surface area (Å²) in [4.78, 5) is 40.3. The number of likely N-dealkylation sites (tertiary alicyclic amines) is 1. The van der Waals surface area contributed by atoms with Gasteiger partial charge in [-0.3, -0.25) is 19.0 Å². The molecule has 0 saturated carbocycles. The van der Waals surface area contributed by atoms with Crippen molar-refractivity contribution in [1.82, 2.24) is 19.2 Å². The van der Waals surface area contributed by atoms with Gasteiger partial charge in [-0.25, -0.2) is 4.68 Å². The van der Waals surface area contributed by atoms with Gasteiger partial charge in [0.15, 0.2) is 0 Å². The van der Waals surface area contributed by atoms with E-state index in [4.69, 9.17) is 9.84 Å². The number of amides is 1. The number of fused-ring (bicyclic) bond motifs is 2. The first kappa shape index (κ1) is 22.1. The highest BCUT2D eigenvalue weighted by molar-refractivity contribution is 5.78. The van der Waals surface area contributed by atoms with Crippen molar-refractivity contribution in [2.45, 2.75) is 44.2 Å². The van der Waals surface area contributed by atoms with Gasteiger partial charge in [-0.2, -0.15) is 5.10 Å². The lowest BCUT2D eigenvalue weighted by Gasteiger charge is -2.38. The summed E-state index contributed by atoms with van der Waals surface area (Å²) < 4.78 is 8.03. The van der Waals surface area contributed by atoms with Crippen LogP contribution in [0.4, 0.5) is 0 Å². The van der Waals surface area contributed by atoms with Gasteiger partial charge in [0.1, 0.15) is 11.6 Å². The maximum atomic E-state index is 12.9. The molecule has 3 heterocycles. The average molecular weight is 461 g/mol. The Hall–Kier alpha value is -3.68. The van der Waals surface area contributed by atoms with E-state index in [0.29, 0.717) is 31.9 Å². The van der Waals surface area contributed by atoms with Crippen molar-refractivity contribution in [3.8, 4) is 5.75 Å². The number of ether oxygens (including phenoxy) is 1. The van der Waals surface area contributed by atoms with E-state index < -0.39 is 11.1 Å². The summed E-state index contributed by atoms with van der Waals surface area (Å²) in [6, 6.07) is 17.1. The van der Waals surface area contributed by atoms with Crippen molar-refractivity contribution in [1.29, 1.82) is 0 Å². The Morgan fingerprint density at radius 3 is 2.26 bits per heavy atom. The molecule has 0 radical (unpaired) electrons. The van der Waals surface area contributed by atoms with Crippen molar-refractivity contribution in [3.05, 3.63) is 92.3 Å². The molecule has 1 saturated heterocycles. The highest BCUT2D eigenvalue weighted by Crippen LogP contribution is 2.41. The molecule has 1 fully saturated rings. The van der Waals surface area contributed by atoms with Gasteiger partial charge in [0.25, 0.3) is 0 Å². The van der Waals surface area contributed by atoms with Gasteiger partial charge in [0.05, 0.1) is 20.1 Å². The molecule has 34 heavy (non-hydrogen) atoms. The molecule has 1 aromatic heterocycles. The van der Waals surface area contributed by atoms with Crippen LogP contribution in [0.2, 0.25) is 0 Å². The van der Waals surface area contributed by atoms with E-state index in [1.54, 1.807) is 11.7 Å². The third kappa shape index (κ3) is 4.04. The third-order valence-electron chi connectivity index (χ3n) is 7.18. The second-order valence-electron chi connectivity index (χ2n) is 9.16. The Morgan fingerprint density at radius 1 is 0.912 bits per heavy atom. The van der Waals surface area contributed by atoms with Crippen LogP contribution in [0.15, 0.2) is 64.2 Å². The molecule has 2 aliphatic rings. The maximum Gasteiger partial charge on any atom is 0.332 e. The molecule has 176 valence electrons. The molecular formula is C26H28N4O4. The summed E-state index contributed by atoms with van der Waals surface area (Å²) in [5.74, 6) is 1.53. The summed E-state index contributed by atoms with van der Waals surface area (Å²) in [6.45, 7) is 1.97. The normalized spacial score (nSPS) is 16.4. The lowest BCUT2D eigenvalue weighted by atomic mass is 9.76.